The van der Waals surface area contributed by atoms with Crippen molar-refractivity contribution in [2.75, 3.05) is 32.2 Å². The van der Waals surface area contributed by atoms with Crippen LogP contribution in [-0.2, 0) is 14.3 Å². The molecule has 6 heteroatoms. The second-order valence-corrected chi connectivity index (χ2v) is 7.19. The smallest absolute Gasteiger partial charge is 0.278 e. The molecule has 0 bridgehead atoms. The van der Waals surface area contributed by atoms with Gasteiger partial charge in [0.05, 0.1) is 18.4 Å². The Bertz CT molecular complexity index is 981. The minimum absolute atomic E-state index is 0.268. The first-order chi connectivity index (χ1) is 14.5. The van der Waals surface area contributed by atoms with Crippen molar-refractivity contribution in [1.29, 1.82) is 0 Å². The van der Waals surface area contributed by atoms with Gasteiger partial charge in [-0.3, -0.25) is 14.5 Å². The Morgan fingerprint density at radius 3 is 2.47 bits per heavy atom. The first-order valence-corrected chi connectivity index (χ1v) is 10.1. The zero-order valence-electron chi connectivity index (χ0n) is 18.0. The molecule has 158 valence electrons. The van der Waals surface area contributed by atoms with Gasteiger partial charge < -0.3 is 14.8 Å². The number of imide groups is 1. The summed E-state index contributed by atoms with van der Waals surface area (Å²) >= 11 is 0. The van der Waals surface area contributed by atoms with Crippen LogP contribution in [0.25, 0.3) is 5.57 Å². The second kappa shape index (κ2) is 9.59. The molecule has 0 spiro atoms. The van der Waals surface area contributed by atoms with E-state index in [4.69, 9.17) is 9.47 Å². The monoisotopic (exact) mass is 408 g/mol. The van der Waals surface area contributed by atoms with Crippen LogP contribution >= 0.6 is 0 Å². The van der Waals surface area contributed by atoms with E-state index in [0.29, 0.717) is 43.2 Å². The summed E-state index contributed by atoms with van der Waals surface area (Å²) < 4.78 is 10.8. The number of carbonyl (C=O) groups excluding carboxylic acids is 2. The summed E-state index contributed by atoms with van der Waals surface area (Å²) in [5.74, 6) is -0.0349. The summed E-state index contributed by atoms with van der Waals surface area (Å²) in [5, 5.41) is 3.17. The summed E-state index contributed by atoms with van der Waals surface area (Å²) in [6, 6.07) is 13.1. The number of carbonyl (C=O) groups is 2. The van der Waals surface area contributed by atoms with Crippen molar-refractivity contribution < 1.29 is 19.1 Å². The predicted octanol–water partition coefficient (Wildman–Crippen LogP) is 3.93. The number of ether oxygens (including phenoxy) is 2. The van der Waals surface area contributed by atoms with Crippen molar-refractivity contribution in [2.45, 2.75) is 27.2 Å². The lowest BCUT2D eigenvalue weighted by Crippen LogP contribution is -2.34. The molecule has 0 atom stereocenters. The van der Waals surface area contributed by atoms with E-state index >= 15 is 0 Å². The van der Waals surface area contributed by atoms with Gasteiger partial charge in [0.15, 0.2) is 0 Å². The molecular weight excluding hydrogens is 380 g/mol. The molecule has 0 aromatic heterocycles. The molecule has 0 aliphatic carbocycles. The molecule has 0 saturated carbocycles. The average molecular weight is 408 g/mol. The fourth-order valence-electron chi connectivity index (χ4n) is 3.41. The fourth-order valence-corrected chi connectivity index (χ4v) is 3.41. The summed E-state index contributed by atoms with van der Waals surface area (Å²) in [4.78, 5) is 27.8. The highest BCUT2D eigenvalue weighted by Crippen LogP contribution is 2.33. The fraction of sp³-hybridized carbons (Fsp3) is 0.333. The van der Waals surface area contributed by atoms with Crippen LogP contribution in [0, 0.1) is 13.8 Å². The van der Waals surface area contributed by atoms with E-state index in [-0.39, 0.29) is 17.5 Å². The Labute approximate surface area is 177 Å². The number of aryl methyl sites for hydroxylation is 2. The van der Waals surface area contributed by atoms with Crippen LogP contribution in [0.2, 0.25) is 0 Å². The Morgan fingerprint density at radius 2 is 1.77 bits per heavy atom. The molecule has 2 amide bonds. The normalized spacial score (nSPS) is 13.9. The number of hydrogen-bond acceptors (Lipinski definition) is 5. The van der Waals surface area contributed by atoms with Crippen LogP contribution in [0.5, 0.6) is 5.75 Å². The van der Waals surface area contributed by atoms with Crippen molar-refractivity contribution in [3.05, 3.63) is 64.9 Å². The molecule has 0 radical (unpaired) electrons. The molecule has 30 heavy (non-hydrogen) atoms. The number of anilines is 1. The van der Waals surface area contributed by atoms with Crippen LogP contribution < -0.4 is 10.1 Å². The maximum Gasteiger partial charge on any atom is 0.278 e. The van der Waals surface area contributed by atoms with Crippen molar-refractivity contribution in [1.82, 2.24) is 4.90 Å². The minimum Gasteiger partial charge on any atom is -0.495 e. The summed E-state index contributed by atoms with van der Waals surface area (Å²) in [6.45, 7) is 7.34. The van der Waals surface area contributed by atoms with Crippen LogP contribution in [0.3, 0.4) is 0 Å². The van der Waals surface area contributed by atoms with E-state index < -0.39 is 0 Å². The molecule has 1 aliphatic heterocycles. The molecule has 0 fully saturated rings. The van der Waals surface area contributed by atoms with E-state index in [1.54, 1.807) is 13.2 Å². The average Bonchev–Trinajstić information content (AvgIpc) is 2.97. The molecular formula is C24H28N2O4. The highest BCUT2D eigenvalue weighted by Gasteiger charge is 2.39. The van der Waals surface area contributed by atoms with Gasteiger partial charge in [-0.25, -0.2) is 0 Å². The van der Waals surface area contributed by atoms with Gasteiger partial charge in [0.2, 0.25) is 0 Å². The summed E-state index contributed by atoms with van der Waals surface area (Å²) in [7, 11) is 1.57. The van der Waals surface area contributed by atoms with Gasteiger partial charge >= 0.3 is 0 Å². The van der Waals surface area contributed by atoms with Crippen LogP contribution in [-0.4, -0.2) is 43.6 Å². The Balaban J connectivity index is 2.00. The third kappa shape index (κ3) is 4.39. The zero-order valence-corrected chi connectivity index (χ0v) is 18.0. The van der Waals surface area contributed by atoms with E-state index in [2.05, 4.69) is 5.32 Å². The van der Waals surface area contributed by atoms with Crippen molar-refractivity contribution in [3.8, 4) is 5.75 Å². The van der Waals surface area contributed by atoms with Gasteiger partial charge in [-0.05, 0) is 56.0 Å². The van der Waals surface area contributed by atoms with Gasteiger partial charge in [-0.15, -0.1) is 0 Å². The van der Waals surface area contributed by atoms with Crippen molar-refractivity contribution in [3.63, 3.8) is 0 Å². The first-order valence-electron chi connectivity index (χ1n) is 10.1. The molecule has 1 aliphatic rings. The lowest BCUT2D eigenvalue weighted by molar-refractivity contribution is -0.137. The Morgan fingerprint density at radius 1 is 1.00 bits per heavy atom. The quantitative estimate of drug-likeness (QED) is 0.503. The number of nitrogens with zero attached hydrogens (tertiary/aromatic N) is 1. The van der Waals surface area contributed by atoms with E-state index in [1.807, 2.05) is 57.2 Å². The standard InChI is InChI=1S/C24H28N2O4/c1-5-30-14-8-13-26-23(27)21(18-12-11-16(2)17(3)15-18)22(24(26)28)25-19-9-6-7-10-20(19)29-4/h6-7,9-12,15,25H,5,8,13-14H2,1-4H3. The molecule has 2 aromatic rings. The van der Waals surface area contributed by atoms with E-state index in [9.17, 15) is 9.59 Å². The molecule has 1 N–H and O–H groups in total. The summed E-state index contributed by atoms with van der Waals surface area (Å²) in [6.07, 6.45) is 0.591. The van der Waals surface area contributed by atoms with E-state index in [1.165, 1.54) is 4.90 Å². The molecule has 0 unspecified atom stereocenters. The third-order valence-electron chi connectivity index (χ3n) is 5.20. The van der Waals surface area contributed by atoms with Crippen LogP contribution in [0.1, 0.15) is 30.0 Å². The zero-order chi connectivity index (χ0) is 21.7. The molecule has 6 nitrogen and oxygen atoms in total. The maximum atomic E-state index is 13.3. The lowest BCUT2D eigenvalue weighted by atomic mass is 9.99. The first kappa shape index (κ1) is 21.6. The van der Waals surface area contributed by atoms with Crippen molar-refractivity contribution >= 4 is 23.1 Å². The largest absolute Gasteiger partial charge is 0.495 e. The molecule has 1 heterocycles. The summed E-state index contributed by atoms with van der Waals surface area (Å²) in [5.41, 5.74) is 4.19. The molecule has 2 aromatic carbocycles. The maximum absolute atomic E-state index is 13.3. The Kier molecular flexibility index (Phi) is 6.90. The molecule has 0 saturated heterocycles. The van der Waals surface area contributed by atoms with Crippen molar-refractivity contribution in [2.24, 2.45) is 0 Å². The van der Waals surface area contributed by atoms with Gasteiger partial charge in [0.25, 0.3) is 11.8 Å². The SMILES string of the molecule is CCOCCCN1C(=O)C(Nc2ccccc2OC)=C(c2ccc(C)c(C)c2)C1=O. The van der Waals surface area contributed by atoms with Crippen LogP contribution in [0.4, 0.5) is 5.69 Å². The number of amides is 2. The number of methoxy groups -OCH3 is 1. The Hall–Kier alpha value is -3.12. The topological polar surface area (TPSA) is 67.9 Å². The number of rotatable bonds is 9. The minimum atomic E-state index is -0.337. The predicted molar refractivity (Wildman–Crippen MR) is 117 cm³/mol. The third-order valence-corrected chi connectivity index (χ3v) is 5.20. The number of hydrogen-bond donors (Lipinski definition) is 1. The lowest BCUT2D eigenvalue weighted by Gasteiger charge is -2.15. The number of benzene rings is 2. The molecule has 3 rings (SSSR count). The van der Waals surface area contributed by atoms with Gasteiger partial charge in [-0.2, -0.15) is 0 Å². The van der Waals surface area contributed by atoms with Gasteiger partial charge in [0.1, 0.15) is 11.4 Å². The second-order valence-electron chi connectivity index (χ2n) is 7.19. The van der Waals surface area contributed by atoms with E-state index in [0.717, 1.165) is 16.7 Å². The van der Waals surface area contributed by atoms with Gasteiger partial charge in [-0.1, -0.05) is 30.3 Å². The van der Waals surface area contributed by atoms with Crippen LogP contribution in [0.15, 0.2) is 48.2 Å². The number of para-hydroxylation sites is 2. The van der Waals surface area contributed by atoms with Gasteiger partial charge in [0, 0.05) is 19.8 Å². The highest BCUT2D eigenvalue weighted by atomic mass is 16.5. The highest BCUT2D eigenvalue weighted by molar-refractivity contribution is 6.36. The number of nitrogens with one attached hydrogen (secondary N) is 1.